The summed E-state index contributed by atoms with van der Waals surface area (Å²) in [4.78, 5) is 22.8. The van der Waals surface area contributed by atoms with Gasteiger partial charge in [-0.2, -0.15) is 5.10 Å². The largest absolute Gasteiger partial charge is 0.339 e. The summed E-state index contributed by atoms with van der Waals surface area (Å²) in [6.07, 6.45) is 8.84. The summed E-state index contributed by atoms with van der Waals surface area (Å²) in [5, 5.41) is 4.28. The molecule has 0 atom stereocenters. The highest BCUT2D eigenvalue weighted by atomic mass is 16.2. The van der Waals surface area contributed by atoms with Crippen molar-refractivity contribution in [1.29, 1.82) is 0 Å². The van der Waals surface area contributed by atoms with Gasteiger partial charge in [0.1, 0.15) is 0 Å². The van der Waals surface area contributed by atoms with Crippen LogP contribution in [0.5, 0.6) is 0 Å². The Labute approximate surface area is 123 Å². The van der Waals surface area contributed by atoms with Gasteiger partial charge in [0, 0.05) is 31.7 Å². The highest BCUT2D eigenvalue weighted by Crippen LogP contribution is 2.26. The summed E-state index contributed by atoms with van der Waals surface area (Å²) in [6.45, 7) is 4.12. The SMILES string of the molecule is CC(C)c1nccnc1-n1cc(C(=O)N(C)C2CC2)cn1. The molecule has 1 aliphatic carbocycles. The van der Waals surface area contributed by atoms with Gasteiger partial charge in [-0.05, 0) is 18.8 Å². The smallest absolute Gasteiger partial charge is 0.257 e. The first-order valence-corrected chi connectivity index (χ1v) is 7.21. The number of hydrogen-bond acceptors (Lipinski definition) is 4. The second-order valence-corrected chi connectivity index (χ2v) is 5.74. The van der Waals surface area contributed by atoms with E-state index in [4.69, 9.17) is 0 Å². The van der Waals surface area contributed by atoms with Crippen molar-refractivity contribution in [3.05, 3.63) is 36.0 Å². The molecule has 1 amide bonds. The zero-order chi connectivity index (χ0) is 15.0. The summed E-state index contributed by atoms with van der Waals surface area (Å²) in [7, 11) is 1.85. The van der Waals surface area contributed by atoms with Crippen molar-refractivity contribution in [1.82, 2.24) is 24.6 Å². The number of aromatic nitrogens is 4. The molecule has 1 fully saturated rings. The van der Waals surface area contributed by atoms with Crippen molar-refractivity contribution in [2.75, 3.05) is 7.05 Å². The minimum atomic E-state index is 0.0127. The molecule has 0 N–H and O–H groups in total. The molecule has 2 aromatic rings. The molecule has 1 aliphatic rings. The molecule has 21 heavy (non-hydrogen) atoms. The van der Waals surface area contributed by atoms with Crippen molar-refractivity contribution in [2.45, 2.75) is 38.6 Å². The van der Waals surface area contributed by atoms with E-state index in [1.54, 1.807) is 34.4 Å². The van der Waals surface area contributed by atoms with E-state index < -0.39 is 0 Å². The van der Waals surface area contributed by atoms with Crippen LogP contribution in [-0.4, -0.2) is 43.6 Å². The topological polar surface area (TPSA) is 63.9 Å². The lowest BCUT2D eigenvalue weighted by Crippen LogP contribution is -2.28. The highest BCUT2D eigenvalue weighted by Gasteiger charge is 2.30. The Morgan fingerprint density at radius 3 is 2.71 bits per heavy atom. The third-order valence-corrected chi connectivity index (χ3v) is 3.71. The number of amides is 1. The Hall–Kier alpha value is -2.24. The van der Waals surface area contributed by atoms with Crippen LogP contribution in [-0.2, 0) is 0 Å². The van der Waals surface area contributed by atoms with Crippen LogP contribution in [0, 0.1) is 0 Å². The van der Waals surface area contributed by atoms with Crippen molar-refractivity contribution >= 4 is 5.91 Å². The summed E-state index contributed by atoms with van der Waals surface area (Å²) >= 11 is 0. The molecule has 0 unspecified atom stereocenters. The third-order valence-electron chi connectivity index (χ3n) is 3.71. The predicted octanol–water partition coefficient (Wildman–Crippen LogP) is 2.02. The minimum absolute atomic E-state index is 0.0127. The van der Waals surface area contributed by atoms with E-state index in [0.717, 1.165) is 18.5 Å². The van der Waals surface area contributed by atoms with Gasteiger partial charge in [0.15, 0.2) is 5.82 Å². The zero-order valence-electron chi connectivity index (χ0n) is 12.5. The molecule has 0 radical (unpaired) electrons. The maximum Gasteiger partial charge on any atom is 0.257 e. The van der Waals surface area contributed by atoms with Gasteiger partial charge >= 0.3 is 0 Å². The van der Waals surface area contributed by atoms with Crippen molar-refractivity contribution in [3.8, 4) is 5.82 Å². The van der Waals surface area contributed by atoms with Gasteiger partial charge in [0.05, 0.1) is 17.5 Å². The first-order chi connectivity index (χ1) is 10.1. The maximum atomic E-state index is 12.3. The fraction of sp³-hybridized carbons (Fsp3) is 0.467. The summed E-state index contributed by atoms with van der Waals surface area (Å²) in [5.74, 6) is 0.936. The molecule has 0 aromatic carbocycles. The molecule has 110 valence electrons. The molecular weight excluding hydrogens is 266 g/mol. The molecule has 0 aliphatic heterocycles. The Kier molecular flexibility index (Phi) is 3.45. The van der Waals surface area contributed by atoms with Gasteiger partial charge in [-0.25, -0.2) is 9.67 Å². The fourth-order valence-corrected chi connectivity index (χ4v) is 2.31. The number of rotatable bonds is 4. The summed E-state index contributed by atoms with van der Waals surface area (Å²) in [6, 6.07) is 0.392. The van der Waals surface area contributed by atoms with E-state index in [1.807, 2.05) is 7.05 Å². The molecule has 2 aromatic heterocycles. The van der Waals surface area contributed by atoms with Gasteiger partial charge in [0.25, 0.3) is 5.91 Å². The lowest BCUT2D eigenvalue weighted by atomic mass is 10.1. The van der Waals surface area contributed by atoms with E-state index in [2.05, 4.69) is 28.9 Å². The van der Waals surface area contributed by atoms with E-state index in [1.165, 1.54) is 0 Å². The second kappa shape index (κ2) is 5.27. The molecule has 1 saturated carbocycles. The third kappa shape index (κ3) is 2.66. The highest BCUT2D eigenvalue weighted by molar-refractivity contribution is 5.94. The van der Waals surface area contributed by atoms with Crippen LogP contribution in [0.2, 0.25) is 0 Å². The predicted molar refractivity (Wildman–Crippen MR) is 78.4 cm³/mol. The number of carbonyl (C=O) groups is 1. The van der Waals surface area contributed by atoms with E-state index in [-0.39, 0.29) is 11.8 Å². The van der Waals surface area contributed by atoms with Crippen LogP contribution in [0.1, 0.15) is 48.7 Å². The maximum absolute atomic E-state index is 12.3. The van der Waals surface area contributed by atoms with Crippen LogP contribution >= 0.6 is 0 Å². The Balaban J connectivity index is 1.90. The van der Waals surface area contributed by atoms with Gasteiger partial charge in [-0.15, -0.1) is 0 Å². The van der Waals surface area contributed by atoms with E-state index in [0.29, 0.717) is 17.4 Å². The van der Waals surface area contributed by atoms with Crippen molar-refractivity contribution in [2.24, 2.45) is 0 Å². The fourth-order valence-electron chi connectivity index (χ4n) is 2.31. The molecule has 0 bridgehead atoms. The number of carbonyl (C=O) groups excluding carboxylic acids is 1. The number of hydrogen-bond donors (Lipinski definition) is 0. The van der Waals surface area contributed by atoms with Crippen molar-refractivity contribution < 1.29 is 4.79 Å². The quantitative estimate of drug-likeness (QED) is 0.862. The normalized spacial score (nSPS) is 14.5. The minimum Gasteiger partial charge on any atom is -0.339 e. The van der Waals surface area contributed by atoms with Gasteiger partial charge in [-0.3, -0.25) is 9.78 Å². The molecule has 6 nitrogen and oxygen atoms in total. The van der Waals surface area contributed by atoms with Crippen molar-refractivity contribution in [3.63, 3.8) is 0 Å². The molecule has 0 spiro atoms. The van der Waals surface area contributed by atoms with E-state index in [9.17, 15) is 4.79 Å². The van der Waals surface area contributed by atoms with Crippen LogP contribution < -0.4 is 0 Å². The molecule has 6 heteroatoms. The molecule has 2 heterocycles. The first kappa shape index (κ1) is 13.7. The monoisotopic (exact) mass is 285 g/mol. The average molecular weight is 285 g/mol. The van der Waals surface area contributed by atoms with E-state index >= 15 is 0 Å². The van der Waals surface area contributed by atoms with Gasteiger partial charge < -0.3 is 4.90 Å². The Bertz CT molecular complexity index is 660. The Morgan fingerprint density at radius 2 is 2.05 bits per heavy atom. The second-order valence-electron chi connectivity index (χ2n) is 5.74. The van der Waals surface area contributed by atoms with Crippen LogP contribution in [0.3, 0.4) is 0 Å². The van der Waals surface area contributed by atoms with Gasteiger partial charge in [0.2, 0.25) is 0 Å². The van der Waals surface area contributed by atoms with Crippen LogP contribution in [0.15, 0.2) is 24.8 Å². The molecular formula is C15H19N5O. The summed E-state index contributed by atoms with van der Waals surface area (Å²) in [5.41, 5.74) is 1.46. The van der Waals surface area contributed by atoms with Crippen LogP contribution in [0.25, 0.3) is 5.82 Å². The standard InChI is InChI=1S/C15H19N5O/c1-10(2)13-14(17-7-6-16-13)20-9-11(8-18-20)15(21)19(3)12-4-5-12/h6-10,12H,4-5H2,1-3H3. The number of nitrogens with zero attached hydrogens (tertiary/aromatic N) is 5. The molecule has 3 rings (SSSR count). The summed E-state index contributed by atoms with van der Waals surface area (Å²) < 4.78 is 1.64. The Morgan fingerprint density at radius 1 is 1.33 bits per heavy atom. The van der Waals surface area contributed by atoms with Crippen LogP contribution in [0.4, 0.5) is 0 Å². The lowest BCUT2D eigenvalue weighted by Gasteiger charge is -2.14. The zero-order valence-corrected chi connectivity index (χ0v) is 12.5. The molecule has 0 saturated heterocycles. The average Bonchev–Trinajstić information content (AvgIpc) is 3.22. The lowest BCUT2D eigenvalue weighted by molar-refractivity contribution is 0.0785. The van der Waals surface area contributed by atoms with Gasteiger partial charge in [-0.1, -0.05) is 13.8 Å². The first-order valence-electron chi connectivity index (χ1n) is 7.21.